The van der Waals surface area contributed by atoms with Gasteiger partial charge in [-0.05, 0) is 95.5 Å². The summed E-state index contributed by atoms with van der Waals surface area (Å²) >= 11 is 13.0. The van der Waals surface area contributed by atoms with Gasteiger partial charge in [0.05, 0.1) is 12.7 Å². The third-order valence-electron chi connectivity index (χ3n) is 7.97. The van der Waals surface area contributed by atoms with E-state index >= 15 is 0 Å². The predicted molar refractivity (Wildman–Crippen MR) is 173 cm³/mol. The van der Waals surface area contributed by atoms with Crippen molar-refractivity contribution in [2.75, 3.05) is 40.8 Å². The van der Waals surface area contributed by atoms with Crippen molar-refractivity contribution in [3.8, 4) is 5.75 Å². The van der Waals surface area contributed by atoms with Crippen molar-refractivity contribution < 1.29 is 19.1 Å². The number of fused-ring (bicyclic) bond motifs is 1. The van der Waals surface area contributed by atoms with Gasteiger partial charge in [-0.15, -0.1) is 0 Å². The Balaban J connectivity index is 1.42. The summed E-state index contributed by atoms with van der Waals surface area (Å²) in [4.78, 5) is 28.0. The molecule has 8 heteroatoms. The SMILES string of the molecule is COC(=O)c1ccc2c(c1)CCCC(c1ccc(Cl)cc1Cl)=C2c1ccc(O[C@H]2CCN(CC=CC(=O)N(C)C)C2)cc1. The fourth-order valence-electron chi connectivity index (χ4n) is 5.77. The summed E-state index contributed by atoms with van der Waals surface area (Å²) in [5.74, 6) is 0.461. The Morgan fingerprint density at radius 1 is 1.00 bits per heavy atom. The van der Waals surface area contributed by atoms with Crippen LogP contribution < -0.4 is 4.74 Å². The van der Waals surface area contributed by atoms with Gasteiger partial charge in [0.1, 0.15) is 11.9 Å². The minimum absolute atomic E-state index is 0.0103. The second kappa shape index (κ2) is 13.8. The second-order valence-electron chi connectivity index (χ2n) is 11.1. The summed E-state index contributed by atoms with van der Waals surface area (Å²) in [7, 11) is 4.90. The average molecular weight is 620 g/mol. The van der Waals surface area contributed by atoms with Crippen LogP contribution in [0.15, 0.2) is 72.8 Å². The molecule has 1 aliphatic carbocycles. The molecule has 6 nitrogen and oxygen atoms in total. The molecule has 43 heavy (non-hydrogen) atoms. The predicted octanol–water partition coefficient (Wildman–Crippen LogP) is 7.17. The molecule has 0 bridgehead atoms. The Morgan fingerprint density at radius 3 is 2.49 bits per heavy atom. The number of carbonyl (C=O) groups excluding carboxylic acids is 2. The summed E-state index contributed by atoms with van der Waals surface area (Å²) in [6.45, 7) is 2.45. The molecule has 1 atom stereocenters. The monoisotopic (exact) mass is 618 g/mol. The Morgan fingerprint density at radius 2 is 1.77 bits per heavy atom. The molecule has 0 radical (unpaired) electrons. The van der Waals surface area contributed by atoms with Crippen LogP contribution in [0.2, 0.25) is 10.0 Å². The molecule has 1 amide bonds. The van der Waals surface area contributed by atoms with Crippen molar-refractivity contribution >= 4 is 46.2 Å². The Kier molecular flexibility index (Phi) is 9.91. The van der Waals surface area contributed by atoms with Crippen LogP contribution >= 0.6 is 23.2 Å². The molecule has 5 rings (SSSR count). The zero-order valence-electron chi connectivity index (χ0n) is 24.7. The van der Waals surface area contributed by atoms with Crippen molar-refractivity contribution in [2.24, 2.45) is 0 Å². The number of likely N-dealkylation sites (tertiary alicyclic amines) is 1. The number of nitrogens with zero attached hydrogens (tertiary/aromatic N) is 2. The minimum Gasteiger partial charge on any atom is -0.489 e. The number of ether oxygens (including phenoxy) is 2. The summed E-state index contributed by atoms with van der Waals surface area (Å²) in [5.41, 5.74) is 6.96. The first-order valence-corrected chi connectivity index (χ1v) is 15.3. The maximum absolute atomic E-state index is 12.3. The number of rotatable bonds is 8. The smallest absolute Gasteiger partial charge is 0.337 e. The molecule has 1 aliphatic heterocycles. The summed E-state index contributed by atoms with van der Waals surface area (Å²) in [5, 5.41) is 1.21. The van der Waals surface area contributed by atoms with E-state index in [0.29, 0.717) is 15.6 Å². The van der Waals surface area contributed by atoms with E-state index in [0.717, 1.165) is 84.5 Å². The van der Waals surface area contributed by atoms with Gasteiger partial charge in [-0.2, -0.15) is 0 Å². The number of allylic oxidation sites excluding steroid dienone is 1. The van der Waals surface area contributed by atoms with Crippen molar-refractivity contribution in [3.63, 3.8) is 0 Å². The van der Waals surface area contributed by atoms with Crippen LogP contribution in [-0.4, -0.2) is 68.6 Å². The van der Waals surface area contributed by atoms with Gasteiger partial charge in [-0.1, -0.05) is 53.5 Å². The molecule has 0 aromatic heterocycles. The normalized spacial score (nSPS) is 17.1. The van der Waals surface area contributed by atoms with E-state index in [9.17, 15) is 9.59 Å². The molecule has 0 unspecified atom stereocenters. The number of aryl methyl sites for hydroxylation is 1. The van der Waals surface area contributed by atoms with Crippen molar-refractivity contribution in [1.29, 1.82) is 0 Å². The van der Waals surface area contributed by atoms with Crippen LogP contribution in [0, 0.1) is 0 Å². The number of carbonyl (C=O) groups is 2. The molecule has 0 spiro atoms. The molecule has 3 aromatic carbocycles. The number of methoxy groups -OCH3 is 1. The van der Waals surface area contributed by atoms with E-state index in [4.69, 9.17) is 32.7 Å². The van der Waals surface area contributed by atoms with Gasteiger partial charge >= 0.3 is 5.97 Å². The van der Waals surface area contributed by atoms with Crippen LogP contribution in [0.3, 0.4) is 0 Å². The first kappa shape index (κ1) is 30.9. The highest BCUT2D eigenvalue weighted by molar-refractivity contribution is 6.36. The first-order chi connectivity index (χ1) is 20.7. The van der Waals surface area contributed by atoms with Crippen LogP contribution in [0.25, 0.3) is 11.1 Å². The highest BCUT2D eigenvalue weighted by atomic mass is 35.5. The topological polar surface area (TPSA) is 59.1 Å². The molecule has 0 saturated carbocycles. The summed E-state index contributed by atoms with van der Waals surface area (Å²) in [6.07, 6.45) is 7.11. The first-order valence-electron chi connectivity index (χ1n) is 14.5. The number of benzene rings is 3. The maximum atomic E-state index is 12.3. The number of hydrogen-bond donors (Lipinski definition) is 0. The van der Waals surface area contributed by atoms with E-state index in [1.54, 1.807) is 31.1 Å². The van der Waals surface area contributed by atoms with Gasteiger partial charge in [0.25, 0.3) is 0 Å². The third kappa shape index (κ3) is 7.32. The van der Waals surface area contributed by atoms with E-state index < -0.39 is 0 Å². The zero-order valence-corrected chi connectivity index (χ0v) is 26.3. The van der Waals surface area contributed by atoms with Crippen LogP contribution in [-0.2, 0) is 16.0 Å². The quantitative estimate of drug-likeness (QED) is 0.198. The van der Waals surface area contributed by atoms with Crippen molar-refractivity contribution in [3.05, 3.63) is 111 Å². The fourth-order valence-corrected chi connectivity index (χ4v) is 6.29. The van der Waals surface area contributed by atoms with E-state index in [1.807, 2.05) is 48.5 Å². The molecule has 0 N–H and O–H groups in total. The average Bonchev–Trinajstić information content (AvgIpc) is 3.35. The van der Waals surface area contributed by atoms with E-state index in [1.165, 1.54) is 7.11 Å². The van der Waals surface area contributed by atoms with E-state index in [-0.39, 0.29) is 18.0 Å². The Hall–Kier alpha value is -3.58. The number of hydrogen-bond acceptors (Lipinski definition) is 5. The molecule has 224 valence electrons. The molecular weight excluding hydrogens is 583 g/mol. The lowest BCUT2D eigenvalue weighted by Gasteiger charge is -2.19. The zero-order chi connectivity index (χ0) is 30.5. The van der Waals surface area contributed by atoms with Crippen molar-refractivity contribution in [2.45, 2.75) is 31.8 Å². The van der Waals surface area contributed by atoms with Gasteiger partial charge in [0.15, 0.2) is 0 Å². The van der Waals surface area contributed by atoms with Gasteiger partial charge in [0, 0.05) is 49.9 Å². The highest BCUT2D eigenvalue weighted by Crippen LogP contribution is 2.42. The minimum atomic E-state index is -0.344. The number of likely N-dealkylation sites (N-methyl/N-ethyl adjacent to an activating group) is 1. The number of halogens is 2. The number of esters is 1. The number of amides is 1. The lowest BCUT2D eigenvalue weighted by molar-refractivity contribution is -0.123. The lowest BCUT2D eigenvalue weighted by Crippen LogP contribution is -2.25. The van der Waals surface area contributed by atoms with Gasteiger partial charge in [-0.25, -0.2) is 4.79 Å². The second-order valence-corrected chi connectivity index (χ2v) is 12.0. The summed E-state index contributed by atoms with van der Waals surface area (Å²) in [6, 6.07) is 19.7. The van der Waals surface area contributed by atoms with Crippen LogP contribution in [0.5, 0.6) is 5.75 Å². The fraction of sp³-hybridized carbons (Fsp3) is 0.314. The van der Waals surface area contributed by atoms with Crippen LogP contribution in [0.4, 0.5) is 0 Å². The molecule has 3 aromatic rings. The molecule has 1 fully saturated rings. The van der Waals surface area contributed by atoms with Gasteiger partial charge in [0.2, 0.25) is 5.91 Å². The maximum Gasteiger partial charge on any atom is 0.337 e. The highest BCUT2D eigenvalue weighted by Gasteiger charge is 2.25. The molecular formula is C35H36Cl2N2O4. The lowest BCUT2D eigenvalue weighted by atomic mass is 9.87. The largest absolute Gasteiger partial charge is 0.489 e. The Bertz CT molecular complexity index is 1560. The third-order valence-corrected chi connectivity index (χ3v) is 8.51. The van der Waals surface area contributed by atoms with Crippen molar-refractivity contribution in [1.82, 2.24) is 9.80 Å². The molecule has 2 aliphatic rings. The molecule has 1 saturated heterocycles. The summed E-state index contributed by atoms with van der Waals surface area (Å²) < 4.78 is 11.3. The van der Waals surface area contributed by atoms with E-state index in [2.05, 4.69) is 17.0 Å². The molecule has 1 heterocycles. The van der Waals surface area contributed by atoms with Crippen LogP contribution in [0.1, 0.15) is 51.9 Å². The standard InChI is InChI=1S/C35H36Cl2N2O4/c1-38(2)33(40)8-5-18-39-19-17-28(22-39)43-27-13-9-23(10-14-27)34-29-15-11-25(35(41)42-3)20-24(29)6-4-7-31(34)30-16-12-26(36)21-32(30)37/h5,8-16,20-21,28H,4,6-7,17-19,22H2,1-3H3/t28-/m0/s1. The Labute approximate surface area is 263 Å². The van der Waals surface area contributed by atoms with Gasteiger partial charge < -0.3 is 14.4 Å². The van der Waals surface area contributed by atoms with Gasteiger partial charge in [-0.3, -0.25) is 9.69 Å².